The average molecular weight is 366 g/mol. The number of rotatable bonds is 3. The molecule has 0 spiro atoms. The van der Waals surface area contributed by atoms with Crippen LogP contribution < -0.4 is 15.5 Å². The lowest BCUT2D eigenvalue weighted by Gasteiger charge is -2.29. The average Bonchev–Trinajstić information content (AvgIpc) is 2.99. The van der Waals surface area contributed by atoms with Gasteiger partial charge in [-0.3, -0.25) is 5.32 Å². The number of nitrogens with zero attached hydrogens (tertiary/aromatic N) is 3. The molecule has 1 aromatic carbocycles. The molecule has 1 aliphatic rings. The van der Waals surface area contributed by atoms with Crippen LogP contribution >= 0.6 is 22.9 Å². The monoisotopic (exact) mass is 365 g/mol. The van der Waals surface area contributed by atoms with E-state index >= 15 is 0 Å². The summed E-state index contributed by atoms with van der Waals surface area (Å²) in [7, 11) is 0. The Morgan fingerprint density at radius 3 is 2.96 bits per heavy atom. The van der Waals surface area contributed by atoms with Crippen LogP contribution in [0.4, 0.5) is 20.7 Å². The van der Waals surface area contributed by atoms with Crippen LogP contribution in [-0.2, 0) is 0 Å². The maximum Gasteiger partial charge on any atom is 0.325 e. The number of halogens is 1. The Morgan fingerprint density at radius 2 is 2.21 bits per heavy atom. The summed E-state index contributed by atoms with van der Waals surface area (Å²) in [6.07, 6.45) is 2.42. The van der Waals surface area contributed by atoms with Crippen molar-refractivity contribution in [3.63, 3.8) is 0 Å². The highest BCUT2D eigenvalue weighted by molar-refractivity contribution is 7.19. The minimum Gasteiger partial charge on any atom is -0.346 e. The lowest BCUT2D eigenvalue weighted by molar-refractivity contribution is 0.262. The normalized spacial score (nSPS) is 17.6. The first-order chi connectivity index (χ1) is 11.5. The molecule has 6 nitrogen and oxygen atoms in total. The van der Waals surface area contributed by atoms with E-state index in [9.17, 15) is 4.79 Å². The number of anilines is 3. The van der Waals surface area contributed by atoms with Gasteiger partial charge in [-0.15, -0.1) is 10.2 Å². The minimum absolute atomic E-state index is 0.357. The van der Waals surface area contributed by atoms with E-state index in [2.05, 4.69) is 32.7 Å². The Morgan fingerprint density at radius 1 is 1.38 bits per heavy atom. The zero-order valence-electron chi connectivity index (χ0n) is 13.7. The fraction of sp³-hybridized carbons (Fsp3) is 0.438. The zero-order chi connectivity index (χ0) is 17.1. The Labute approximate surface area is 150 Å². The van der Waals surface area contributed by atoms with Gasteiger partial charge in [0, 0.05) is 23.8 Å². The number of aryl methyl sites for hydroxylation is 1. The lowest BCUT2D eigenvalue weighted by Crippen LogP contribution is -2.34. The summed E-state index contributed by atoms with van der Waals surface area (Å²) in [6.45, 7) is 6.14. The summed E-state index contributed by atoms with van der Waals surface area (Å²) in [5, 5.41) is 15.7. The Balaban J connectivity index is 1.59. The van der Waals surface area contributed by atoms with E-state index in [1.165, 1.54) is 17.8 Å². The highest BCUT2D eigenvalue weighted by Gasteiger charge is 2.20. The molecule has 128 valence electrons. The van der Waals surface area contributed by atoms with Gasteiger partial charge in [0.05, 0.1) is 0 Å². The third-order valence-corrected chi connectivity index (χ3v) is 5.30. The summed E-state index contributed by atoms with van der Waals surface area (Å²) >= 11 is 7.45. The summed E-state index contributed by atoms with van der Waals surface area (Å²) in [4.78, 5) is 14.3. The standard InChI is InChI=1S/C16H20ClN5OS/c1-10-4-3-7-22(9-10)16-21-20-15(24-16)19-14(23)18-12-6-5-11(2)13(17)8-12/h5-6,8,10H,3-4,7,9H2,1-2H3,(H2,18,19,20,23). The van der Waals surface area contributed by atoms with Crippen molar-refractivity contribution in [2.45, 2.75) is 26.7 Å². The van der Waals surface area contributed by atoms with Crippen molar-refractivity contribution in [1.82, 2.24) is 10.2 Å². The van der Waals surface area contributed by atoms with E-state index in [-0.39, 0.29) is 6.03 Å². The molecular formula is C16H20ClN5OS. The molecule has 1 atom stereocenters. The molecule has 0 bridgehead atoms. The third kappa shape index (κ3) is 4.15. The number of aromatic nitrogens is 2. The van der Waals surface area contributed by atoms with Crippen LogP contribution in [0.2, 0.25) is 5.02 Å². The van der Waals surface area contributed by atoms with Gasteiger partial charge < -0.3 is 10.2 Å². The molecule has 1 aromatic heterocycles. The van der Waals surface area contributed by atoms with Crippen LogP contribution in [0.25, 0.3) is 0 Å². The van der Waals surface area contributed by atoms with Gasteiger partial charge >= 0.3 is 6.03 Å². The molecule has 2 N–H and O–H groups in total. The SMILES string of the molecule is Cc1ccc(NC(=O)Nc2nnc(N3CCCC(C)C3)s2)cc1Cl. The molecule has 0 saturated carbocycles. The van der Waals surface area contributed by atoms with Gasteiger partial charge in [0.25, 0.3) is 0 Å². The van der Waals surface area contributed by atoms with E-state index in [4.69, 9.17) is 11.6 Å². The van der Waals surface area contributed by atoms with Gasteiger partial charge in [-0.2, -0.15) is 0 Å². The van der Waals surface area contributed by atoms with Crippen molar-refractivity contribution < 1.29 is 4.79 Å². The molecule has 0 aliphatic carbocycles. The topological polar surface area (TPSA) is 70.1 Å². The molecule has 2 heterocycles. The summed E-state index contributed by atoms with van der Waals surface area (Å²) in [5.74, 6) is 0.661. The molecule has 1 saturated heterocycles. The number of nitrogens with one attached hydrogen (secondary N) is 2. The molecule has 1 fully saturated rings. The quantitative estimate of drug-likeness (QED) is 0.846. The Hall–Kier alpha value is -1.86. The maximum absolute atomic E-state index is 12.1. The number of hydrogen-bond acceptors (Lipinski definition) is 5. The van der Waals surface area contributed by atoms with Crippen molar-refractivity contribution in [1.29, 1.82) is 0 Å². The molecule has 24 heavy (non-hydrogen) atoms. The van der Waals surface area contributed by atoms with Crippen LogP contribution in [0.3, 0.4) is 0 Å². The molecule has 8 heteroatoms. The first-order valence-corrected chi connectivity index (χ1v) is 9.13. The van der Waals surface area contributed by atoms with Crippen LogP contribution in [0.15, 0.2) is 18.2 Å². The number of carbonyl (C=O) groups is 1. The van der Waals surface area contributed by atoms with Crippen LogP contribution in [-0.4, -0.2) is 29.3 Å². The lowest BCUT2D eigenvalue weighted by atomic mass is 10.0. The molecule has 3 rings (SSSR count). The van der Waals surface area contributed by atoms with Crippen molar-refractivity contribution in [2.75, 3.05) is 28.6 Å². The van der Waals surface area contributed by atoms with Gasteiger partial charge in [0.15, 0.2) is 0 Å². The number of carbonyl (C=O) groups excluding carboxylic acids is 1. The largest absolute Gasteiger partial charge is 0.346 e. The van der Waals surface area contributed by atoms with Gasteiger partial charge in [-0.05, 0) is 43.4 Å². The molecule has 1 aliphatic heterocycles. The number of amides is 2. The predicted molar refractivity (Wildman–Crippen MR) is 99.4 cm³/mol. The summed E-state index contributed by atoms with van der Waals surface area (Å²) in [5.41, 5.74) is 1.60. The van der Waals surface area contributed by atoms with Gasteiger partial charge in [-0.1, -0.05) is 35.9 Å². The molecule has 0 radical (unpaired) electrons. The van der Waals surface area contributed by atoms with E-state index in [0.717, 1.165) is 30.2 Å². The molecule has 2 aromatic rings. The fourth-order valence-corrected chi connectivity index (χ4v) is 3.64. The van der Waals surface area contributed by atoms with Crippen LogP contribution in [0, 0.1) is 12.8 Å². The van der Waals surface area contributed by atoms with Crippen molar-refractivity contribution in [2.24, 2.45) is 5.92 Å². The first-order valence-electron chi connectivity index (χ1n) is 7.94. The predicted octanol–water partition coefficient (Wildman–Crippen LogP) is 4.38. The van der Waals surface area contributed by atoms with Crippen LogP contribution in [0.5, 0.6) is 0 Å². The second kappa shape index (κ2) is 7.36. The molecule has 2 amide bonds. The highest BCUT2D eigenvalue weighted by Crippen LogP contribution is 2.28. The van der Waals surface area contributed by atoms with Gasteiger partial charge in [0.1, 0.15) is 0 Å². The zero-order valence-corrected chi connectivity index (χ0v) is 15.2. The molecule has 1 unspecified atom stereocenters. The Bertz CT molecular complexity index is 735. The highest BCUT2D eigenvalue weighted by atomic mass is 35.5. The number of hydrogen-bond donors (Lipinski definition) is 2. The van der Waals surface area contributed by atoms with E-state index in [1.807, 2.05) is 13.0 Å². The fourth-order valence-electron chi connectivity index (χ4n) is 2.69. The van der Waals surface area contributed by atoms with Crippen molar-refractivity contribution in [3.05, 3.63) is 28.8 Å². The first kappa shape index (κ1) is 17.0. The van der Waals surface area contributed by atoms with Gasteiger partial charge in [-0.25, -0.2) is 4.79 Å². The minimum atomic E-state index is -0.357. The van der Waals surface area contributed by atoms with Crippen molar-refractivity contribution >= 4 is 44.9 Å². The van der Waals surface area contributed by atoms with Crippen LogP contribution in [0.1, 0.15) is 25.3 Å². The molecular weight excluding hydrogens is 346 g/mol. The number of piperidine rings is 1. The second-order valence-electron chi connectivity index (χ2n) is 6.13. The second-order valence-corrected chi connectivity index (χ2v) is 7.49. The summed E-state index contributed by atoms with van der Waals surface area (Å²) < 4.78 is 0. The third-order valence-electron chi connectivity index (χ3n) is 3.99. The maximum atomic E-state index is 12.1. The Kier molecular flexibility index (Phi) is 5.20. The van der Waals surface area contributed by atoms with E-state index < -0.39 is 0 Å². The van der Waals surface area contributed by atoms with Gasteiger partial charge in [0.2, 0.25) is 10.3 Å². The smallest absolute Gasteiger partial charge is 0.325 e. The van der Waals surface area contributed by atoms with E-state index in [1.54, 1.807) is 12.1 Å². The van der Waals surface area contributed by atoms with E-state index in [0.29, 0.717) is 21.8 Å². The van der Waals surface area contributed by atoms with Crippen molar-refractivity contribution in [3.8, 4) is 0 Å². The number of benzene rings is 1. The summed E-state index contributed by atoms with van der Waals surface area (Å²) in [6, 6.07) is 5.03. The number of urea groups is 1.